The number of carboxylic acids is 1. The van der Waals surface area contributed by atoms with Gasteiger partial charge in [0.2, 0.25) is 11.9 Å². The van der Waals surface area contributed by atoms with Crippen LogP contribution in [0.1, 0.15) is 55.9 Å². The number of aromatic hydroxyl groups is 2. The van der Waals surface area contributed by atoms with Gasteiger partial charge in [0.1, 0.15) is 29.0 Å². The van der Waals surface area contributed by atoms with Crippen molar-refractivity contribution in [3.63, 3.8) is 0 Å². The number of esters is 1. The number of carboxylic acid groups (broad SMARTS) is 1. The number of phenolic OH excluding ortho intramolecular Hbond substituents is 2. The Morgan fingerprint density at radius 2 is 1.52 bits per heavy atom. The smallest absolute Gasteiger partial charge is 0.508 e. The molecule has 8 rings (SSSR count). The van der Waals surface area contributed by atoms with E-state index in [9.17, 15) is 39.3 Å². The van der Waals surface area contributed by atoms with Gasteiger partial charge in [-0.25, -0.2) is 19.6 Å². The molecule has 4 heterocycles. The van der Waals surface area contributed by atoms with E-state index in [-0.39, 0.29) is 118 Å². The summed E-state index contributed by atoms with van der Waals surface area (Å²) in [5.41, 5.74) is 7.24. The molecule has 11 N–H and O–H groups in total. The molecule has 2 aliphatic heterocycles. The molecule has 0 saturated heterocycles. The first-order valence-corrected chi connectivity index (χ1v) is 19.6. The van der Waals surface area contributed by atoms with Gasteiger partial charge in [-0.1, -0.05) is 6.07 Å². The van der Waals surface area contributed by atoms with Crippen molar-refractivity contribution in [2.45, 2.75) is 31.0 Å². The molecule has 4 aromatic carbocycles. The van der Waals surface area contributed by atoms with E-state index in [1.807, 2.05) is 0 Å². The minimum absolute atomic E-state index is 0. The summed E-state index contributed by atoms with van der Waals surface area (Å²) in [6.45, 7) is 0.533. The van der Waals surface area contributed by atoms with Crippen LogP contribution in [0, 0.1) is 0 Å². The average Bonchev–Trinajstić information content (AvgIpc) is 3.53. The molecule has 320 valence electrons. The number of aromatic nitrogens is 4. The van der Waals surface area contributed by atoms with Gasteiger partial charge >= 0.3 is 41.5 Å². The zero-order valence-corrected chi connectivity index (χ0v) is 36.5. The zero-order valence-electron chi connectivity index (χ0n) is 33.7. The van der Waals surface area contributed by atoms with Crippen molar-refractivity contribution in [2.75, 3.05) is 29.5 Å². The minimum atomic E-state index is -1.41. The normalized spacial score (nSPS) is 13.2. The number of nitrogens with one attached hydrogen (secondary N) is 6. The van der Waals surface area contributed by atoms with Gasteiger partial charge in [0.25, 0.3) is 11.5 Å². The topological polar surface area (TPSA) is 305 Å². The second kappa shape index (κ2) is 18.6. The largest absolute Gasteiger partial charge is 1.00 e. The molecule has 0 radical (unpaired) electrons. The molecule has 1 atom stereocenters. The SMILES string of the molecule is Nc1nc2ncc(CNc3ccc(C(=O)N[C@@H](CCC(=O)NCCNC(=S)Nc4ccc5c(c4)C(=O)OC54c5ccc(O)cc5Oc5cc(O)ccc54)C(=O)O)cc3)nc2c(=O)[nH]1.[Na+]. The fourth-order valence-corrected chi connectivity index (χ4v) is 7.41. The van der Waals surface area contributed by atoms with Crippen molar-refractivity contribution < 1.29 is 73.5 Å². The number of hydrogen-bond donors (Lipinski definition) is 10. The molecule has 1 spiro atoms. The summed E-state index contributed by atoms with van der Waals surface area (Å²) in [4.78, 5) is 77.7. The number of aliphatic carboxylic acids is 1. The third-order valence-electron chi connectivity index (χ3n) is 10.1. The van der Waals surface area contributed by atoms with Gasteiger partial charge in [0.05, 0.1) is 24.0 Å². The van der Waals surface area contributed by atoms with Gasteiger partial charge in [0, 0.05) is 65.3 Å². The third-order valence-corrected chi connectivity index (χ3v) is 10.4. The van der Waals surface area contributed by atoms with Crippen molar-refractivity contribution in [1.29, 1.82) is 0 Å². The summed E-state index contributed by atoms with van der Waals surface area (Å²) in [5.74, 6) is -2.67. The van der Waals surface area contributed by atoms with Crippen LogP contribution in [-0.2, 0) is 26.5 Å². The average molecular weight is 896 g/mol. The van der Waals surface area contributed by atoms with E-state index in [0.29, 0.717) is 33.8 Å². The van der Waals surface area contributed by atoms with Crippen LogP contribution >= 0.6 is 12.2 Å². The zero-order chi connectivity index (χ0) is 44.4. The number of hydrogen-bond acceptors (Lipinski definition) is 15. The van der Waals surface area contributed by atoms with E-state index in [1.54, 1.807) is 42.5 Å². The van der Waals surface area contributed by atoms with Crippen molar-refractivity contribution in [1.82, 2.24) is 35.9 Å². The maximum atomic E-state index is 13.4. The summed E-state index contributed by atoms with van der Waals surface area (Å²) in [5, 5.41) is 44.4. The maximum Gasteiger partial charge on any atom is 1.00 e. The van der Waals surface area contributed by atoms with Crippen LogP contribution in [0.5, 0.6) is 23.0 Å². The number of amides is 2. The van der Waals surface area contributed by atoms with E-state index >= 15 is 0 Å². The Bertz CT molecular complexity index is 2860. The Balaban J connectivity index is 0.00000612. The number of phenols is 2. The maximum absolute atomic E-state index is 13.4. The predicted octanol–water partition coefficient (Wildman–Crippen LogP) is -0.0434. The number of rotatable bonds is 13. The fraction of sp³-hybridized carbons (Fsp3) is 0.167. The number of thiocarbonyl (C=S) groups is 1. The van der Waals surface area contributed by atoms with Crippen LogP contribution in [0.15, 0.2) is 89.9 Å². The Labute approximate surface area is 389 Å². The number of nitrogen functional groups attached to an aromatic ring is 1. The minimum Gasteiger partial charge on any atom is -0.508 e. The molecular formula is C42H36N10NaO10S+. The van der Waals surface area contributed by atoms with Crippen LogP contribution in [0.4, 0.5) is 17.3 Å². The second-order valence-corrected chi connectivity index (χ2v) is 14.8. The Hall–Kier alpha value is -7.33. The molecule has 0 saturated carbocycles. The van der Waals surface area contributed by atoms with Crippen LogP contribution in [0.3, 0.4) is 0 Å². The Kier molecular flexibility index (Phi) is 13.0. The molecule has 2 aromatic heterocycles. The summed E-state index contributed by atoms with van der Waals surface area (Å²) in [7, 11) is 0. The van der Waals surface area contributed by atoms with Crippen molar-refractivity contribution >= 4 is 69.6 Å². The quantitative estimate of drug-likeness (QED) is 0.0315. The number of nitrogens with two attached hydrogens (primary N) is 1. The van der Waals surface area contributed by atoms with Crippen molar-refractivity contribution in [3.05, 3.63) is 129 Å². The standard InChI is InChI=1S/C42H36N10O10S.Na/c43-40-51-35-34(37(57)52-40)48-23(19-47-35)18-46-21-3-1-20(2-4-21)36(56)50-30(38(58)59)11-12-33(55)44-13-14-45-41(63)49-22-5-8-27-26(15-22)39(60)62-42(27)28-9-6-24(53)16-31(28)61-32-17-25(54)7-10-29(32)42;/h1-10,15-17,19,30,46,53-54H,11-14,18H2,(H,44,55)(H,50,56)(H,58,59)(H2,45,49,63)(H3,43,47,51,52,57);/q;+1/t30-;/m0./s1. The monoisotopic (exact) mass is 895 g/mol. The number of fused-ring (bicyclic) bond motifs is 7. The van der Waals surface area contributed by atoms with Gasteiger partial charge in [-0.3, -0.25) is 19.4 Å². The molecule has 22 heteroatoms. The van der Waals surface area contributed by atoms with E-state index in [4.69, 9.17) is 27.4 Å². The number of nitrogens with zero attached hydrogens (tertiary/aromatic N) is 3. The van der Waals surface area contributed by atoms with Crippen LogP contribution in [0.25, 0.3) is 11.2 Å². The summed E-state index contributed by atoms with van der Waals surface area (Å²) < 4.78 is 12.1. The summed E-state index contributed by atoms with van der Waals surface area (Å²) in [6.07, 6.45) is 1.09. The Morgan fingerprint density at radius 3 is 2.20 bits per heavy atom. The second-order valence-electron chi connectivity index (χ2n) is 14.3. The molecular weight excluding hydrogens is 860 g/mol. The van der Waals surface area contributed by atoms with Gasteiger partial charge in [-0.05, 0) is 79.3 Å². The predicted molar refractivity (Wildman–Crippen MR) is 230 cm³/mol. The molecule has 0 aliphatic carbocycles. The molecule has 0 unspecified atom stereocenters. The first-order chi connectivity index (χ1) is 30.3. The first-order valence-electron chi connectivity index (χ1n) is 19.2. The molecule has 0 fully saturated rings. The number of aromatic amines is 1. The molecule has 64 heavy (non-hydrogen) atoms. The Morgan fingerprint density at radius 1 is 0.859 bits per heavy atom. The van der Waals surface area contributed by atoms with Gasteiger partial charge in [0.15, 0.2) is 21.9 Å². The fourth-order valence-electron chi connectivity index (χ4n) is 7.19. The van der Waals surface area contributed by atoms with Crippen molar-refractivity contribution in [2.24, 2.45) is 0 Å². The van der Waals surface area contributed by atoms with E-state index in [2.05, 4.69) is 46.5 Å². The van der Waals surface area contributed by atoms with E-state index in [0.717, 1.165) is 0 Å². The summed E-state index contributed by atoms with van der Waals surface area (Å²) >= 11 is 5.43. The molecule has 20 nitrogen and oxygen atoms in total. The number of carbonyl (C=O) groups excluding carboxylic acids is 3. The number of ether oxygens (including phenoxy) is 2. The van der Waals surface area contributed by atoms with E-state index < -0.39 is 41.0 Å². The first kappa shape index (κ1) is 44.7. The molecule has 2 amide bonds. The number of H-pyrrole nitrogens is 1. The number of anilines is 3. The summed E-state index contributed by atoms with van der Waals surface area (Å²) in [6, 6.07) is 18.9. The van der Waals surface area contributed by atoms with Crippen molar-refractivity contribution in [3.8, 4) is 23.0 Å². The van der Waals surface area contributed by atoms with Crippen LogP contribution in [-0.4, -0.2) is 83.3 Å². The molecule has 2 aliphatic rings. The molecule has 6 aromatic rings. The van der Waals surface area contributed by atoms with Gasteiger partial charge < -0.3 is 57.1 Å². The number of benzene rings is 4. The molecule has 0 bridgehead atoms. The van der Waals surface area contributed by atoms with Gasteiger partial charge in [-0.2, -0.15) is 4.98 Å². The van der Waals surface area contributed by atoms with E-state index in [1.165, 1.54) is 42.6 Å². The number of carbonyl (C=O) groups is 4. The van der Waals surface area contributed by atoms with Crippen LogP contribution in [0.2, 0.25) is 0 Å². The van der Waals surface area contributed by atoms with Crippen LogP contribution < -0.4 is 72.2 Å². The third kappa shape index (κ3) is 9.22. The van der Waals surface area contributed by atoms with Gasteiger partial charge in [-0.15, -0.1) is 0 Å².